The predicted molar refractivity (Wildman–Crippen MR) is 35.5 cm³/mol. The van der Waals surface area contributed by atoms with Crippen molar-refractivity contribution in [1.82, 2.24) is 0 Å². The van der Waals surface area contributed by atoms with E-state index in [2.05, 4.69) is 0 Å². The Balaban J connectivity index is 2.12. The SMILES string of the molecule is O=C1CC2CC(=O)CC2C1. The first-order chi connectivity index (χ1) is 4.75. The molecule has 0 N–H and O–H groups in total. The first-order valence-corrected chi connectivity index (χ1v) is 3.79. The number of fused-ring (bicyclic) bond motifs is 1. The van der Waals surface area contributed by atoms with E-state index in [1.54, 1.807) is 0 Å². The number of hydrogen-bond acceptors (Lipinski definition) is 2. The first kappa shape index (κ1) is 6.08. The molecule has 0 radical (unpaired) electrons. The highest BCUT2D eigenvalue weighted by Gasteiger charge is 2.40. The van der Waals surface area contributed by atoms with Crippen molar-refractivity contribution in [2.75, 3.05) is 0 Å². The first-order valence-electron chi connectivity index (χ1n) is 3.79. The van der Waals surface area contributed by atoms with E-state index in [9.17, 15) is 9.59 Å². The van der Waals surface area contributed by atoms with E-state index in [-0.39, 0.29) is 0 Å². The van der Waals surface area contributed by atoms with E-state index >= 15 is 0 Å². The average Bonchev–Trinajstić information content (AvgIpc) is 2.21. The van der Waals surface area contributed by atoms with Gasteiger partial charge in [-0.1, -0.05) is 0 Å². The van der Waals surface area contributed by atoms with Crippen molar-refractivity contribution in [3.8, 4) is 0 Å². The van der Waals surface area contributed by atoms with E-state index in [1.807, 2.05) is 0 Å². The summed E-state index contributed by atoms with van der Waals surface area (Å²) < 4.78 is 0. The molecule has 0 aromatic heterocycles. The summed E-state index contributed by atoms with van der Waals surface area (Å²) in [6.45, 7) is 0. The van der Waals surface area contributed by atoms with Crippen molar-refractivity contribution in [2.24, 2.45) is 11.8 Å². The zero-order valence-electron chi connectivity index (χ0n) is 5.80. The van der Waals surface area contributed by atoms with Crippen LogP contribution in [0.1, 0.15) is 25.7 Å². The molecule has 54 valence electrons. The predicted octanol–water partition coefficient (Wildman–Crippen LogP) is 0.945. The lowest BCUT2D eigenvalue weighted by atomic mass is 10.0. The molecule has 0 unspecified atom stereocenters. The summed E-state index contributed by atoms with van der Waals surface area (Å²) in [6.07, 6.45) is 2.71. The molecular formula is C8H10O2. The lowest BCUT2D eigenvalue weighted by Crippen LogP contribution is -1.96. The third-order valence-electron chi connectivity index (χ3n) is 2.63. The minimum atomic E-state index is 0.363. The molecule has 2 aliphatic carbocycles. The molecule has 0 aromatic carbocycles. The maximum atomic E-state index is 10.9. The van der Waals surface area contributed by atoms with Crippen LogP contribution in [0.3, 0.4) is 0 Å². The maximum absolute atomic E-state index is 10.9. The number of carbonyl (C=O) groups excluding carboxylic acids is 2. The molecule has 2 fully saturated rings. The van der Waals surface area contributed by atoms with Gasteiger partial charge in [0.1, 0.15) is 11.6 Å². The molecule has 0 atom stereocenters. The van der Waals surface area contributed by atoms with Gasteiger partial charge in [0.25, 0.3) is 0 Å². The van der Waals surface area contributed by atoms with E-state index in [0.717, 1.165) is 0 Å². The molecule has 0 amide bonds. The normalized spacial score (nSPS) is 38.8. The highest BCUT2D eigenvalue weighted by molar-refractivity contribution is 5.88. The van der Waals surface area contributed by atoms with Crippen LogP contribution >= 0.6 is 0 Å². The van der Waals surface area contributed by atoms with Gasteiger partial charge in [0.15, 0.2) is 0 Å². The summed E-state index contributed by atoms with van der Waals surface area (Å²) in [5.41, 5.74) is 0. The Morgan fingerprint density at radius 1 is 0.800 bits per heavy atom. The Bertz CT molecular complexity index is 157. The van der Waals surface area contributed by atoms with Gasteiger partial charge in [-0.25, -0.2) is 0 Å². The lowest BCUT2D eigenvalue weighted by Gasteiger charge is -2.01. The fourth-order valence-electron chi connectivity index (χ4n) is 2.15. The van der Waals surface area contributed by atoms with Gasteiger partial charge in [0.05, 0.1) is 0 Å². The van der Waals surface area contributed by atoms with Gasteiger partial charge in [-0.15, -0.1) is 0 Å². The van der Waals surface area contributed by atoms with Crippen LogP contribution in [-0.4, -0.2) is 11.6 Å². The fourth-order valence-corrected chi connectivity index (χ4v) is 2.15. The standard InChI is InChI=1S/C8H10O2/c9-7-1-5-2-8(10)4-6(5)3-7/h5-6H,1-4H2. The molecule has 2 heteroatoms. The Labute approximate surface area is 59.6 Å². The van der Waals surface area contributed by atoms with Crippen LogP contribution in [-0.2, 0) is 9.59 Å². The number of Topliss-reactive ketones (excluding diaryl/α,β-unsaturated/α-hetero) is 2. The molecule has 0 aliphatic heterocycles. The number of ketones is 2. The van der Waals surface area contributed by atoms with E-state index < -0.39 is 0 Å². The molecular weight excluding hydrogens is 128 g/mol. The Kier molecular flexibility index (Phi) is 1.16. The Morgan fingerprint density at radius 2 is 1.10 bits per heavy atom. The minimum Gasteiger partial charge on any atom is -0.300 e. The zero-order chi connectivity index (χ0) is 7.14. The van der Waals surface area contributed by atoms with Crippen LogP contribution in [0, 0.1) is 11.8 Å². The quantitative estimate of drug-likeness (QED) is 0.499. The monoisotopic (exact) mass is 138 g/mol. The summed E-state index contributed by atoms with van der Waals surface area (Å²) in [5.74, 6) is 1.59. The Morgan fingerprint density at radius 3 is 1.40 bits per heavy atom. The third kappa shape index (κ3) is 0.789. The molecule has 2 aliphatic rings. The smallest absolute Gasteiger partial charge is 0.133 e. The molecule has 0 aromatic rings. The third-order valence-corrected chi connectivity index (χ3v) is 2.63. The van der Waals surface area contributed by atoms with E-state index in [1.165, 1.54) is 0 Å². The van der Waals surface area contributed by atoms with Gasteiger partial charge in [0, 0.05) is 25.7 Å². The fraction of sp³-hybridized carbons (Fsp3) is 0.750. The molecule has 0 heterocycles. The maximum Gasteiger partial charge on any atom is 0.133 e. The van der Waals surface area contributed by atoms with Gasteiger partial charge >= 0.3 is 0 Å². The molecule has 2 saturated carbocycles. The van der Waals surface area contributed by atoms with E-state index in [4.69, 9.17) is 0 Å². The second-order valence-electron chi connectivity index (χ2n) is 3.41. The van der Waals surface area contributed by atoms with Crippen molar-refractivity contribution in [1.29, 1.82) is 0 Å². The lowest BCUT2D eigenvalue weighted by molar-refractivity contribution is -0.119. The van der Waals surface area contributed by atoms with Crippen molar-refractivity contribution in [3.05, 3.63) is 0 Å². The van der Waals surface area contributed by atoms with E-state index in [0.29, 0.717) is 49.1 Å². The van der Waals surface area contributed by atoms with Crippen molar-refractivity contribution < 1.29 is 9.59 Å². The van der Waals surface area contributed by atoms with Gasteiger partial charge < -0.3 is 0 Å². The van der Waals surface area contributed by atoms with Gasteiger partial charge in [-0.2, -0.15) is 0 Å². The summed E-state index contributed by atoms with van der Waals surface area (Å²) in [6, 6.07) is 0. The second-order valence-corrected chi connectivity index (χ2v) is 3.41. The highest BCUT2D eigenvalue weighted by Crippen LogP contribution is 2.40. The summed E-state index contributed by atoms with van der Waals surface area (Å²) in [7, 11) is 0. The summed E-state index contributed by atoms with van der Waals surface area (Å²) in [4.78, 5) is 21.7. The number of carbonyl (C=O) groups is 2. The summed E-state index contributed by atoms with van der Waals surface area (Å²) >= 11 is 0. The zero-order valence-corrected chi connectivity index (χ0v) is 5.80. The number of rotatable bonds is 0. The minimum absolute atomic E-state index is 0.363. The van der Waals surface area contributed by atoms with Crippen molar-refractivity contribution in [2.45, 2.75) is 25.7 Å². The topological polar surface area (TPSA) is 34.1 Å². The van der Waals surface area contributed by atoms with Gasteiger partial charge in [-0.3, -0.25) is 9.59 Å². The van der Waals surface area contributed by atoms with Crippen LogP contribution in [0.15, 0.2) is 0 Å². The van der Waals surface area contributed by atoms with Gasteiger partial charge in [-0.05, 0) is 11.8 Å². The Hall–Kier alpha value is -0.660. The molecule has 2 rings (SSSR count). The number of hydrogen-bond donors (Lipinski definition) is 0. The van der Waals surface area contributed by atoms with Crippen molar-refractivity contribution >= 4 is 11.6 Å². The molecule has 0 bridgehead atoms. The van der Waals surface area contributed by atoms with Crippen molar-refractivity contribution in [3.63, 3.8) is 0 Å². The highest BCUT2D eigenvalue weighted by atomic mass is 16.1. The van der Waals surface area contributed by atoms with Crippen LogP contribution in [0.25, 0.3) is 0 Å². The molecule has 2 nitrogen and oxygen atoms in total. The molecule has 0 saturated heterocycles. The van der Waals surface area contributed by atoms with Crippen LogP contribution in [0.4, 0.5) is 0 Å². The van der Waals surface area contributed by atoms with Crippen LogP contribution in [0.5, 0.6) is 0 Å². The van der Waals surface area contributed by atoms with Crippen LogP contribution in [0.2, 0.25) is 0 Å². The molecule has 10 heavy (non-hydrogen) atoms. The average molecular weight is 138 g/mol. The van der Waals surface area contributed by atoms with Crippen LogP contribution < -0.4 is 0 Å². The molecule has 0 spiro atoms. The second kappa shape index (κ2) is 1.91. The summed E-state index contributed by atoms with van der Waals surface area (Å²) in [5, 5.41) is 0. The van der Waals surface area contributed by atoms with Gasteiger partial charge in [0.2, 0.25) is 0 Å². The largest absolute Gasteiger partial charge is 0.300 e.